The number of thioether (sulfide) groups is 2. The number of methoxy groups -OCH3 is 1. The lowest BCUT2D eigenvalue weighted by Crippen LogP contribution is -1.84. The second-order valence-corrected chi connectivity index (χ2v) is 4.38. The summed E-state index contributed by atoms with van der Waals surface area (Å²) >= 11 is 3.54. The fourth-order valence-corrected chi connectivity index (χ4v) is 2.46. The predicted octanol–water partition coefficient (Wildman–Crippen LogP) is 1.47. The van der Waals surface area contributed by atoms with Crippen LogP contribution in [0.15, 0.2) is 4.99 Å². The van der Waals surface area contributed by atoms with Crippen molar-refractivity contribution in [1.29, 1.82) is 0 Å². The summed E-state index contributed by atoms with van der Waals surface area (Å²) in [5.41, 5.74) is 0. The zero-order valence-electron chi connectivity index (χ0n) is 7.00. The van der Waals surface area contributed by atoms with E-state index in [4.69, 9.17) is 4.74 Å². The lowest BCUT2D eigenvalue weighted by atomic mass is 10.6. The quantitative estimate of drug-likeness (QED) is 0.632. The molecular formula is C8H11NOS2. The lowest BCUT2D eigenvalue weighted by molar-refractivity contribution is 0.240. The summed E-state index contributed by atoms with van der Waals surface area (Å²) in [6.45, 7) is 1.50. The molecule has 0 unspecified atom stereocenters. The van der Waals surface area contributed by atoms with Crippen LogP contribution >= 0.6 is 23.5 Å². The molecule has 0 amide bonds. The van der Waals surface area contributed by atoms with Gasteiger partial charge in [0.25, 0.3) is 0 Å². The third kappa shape index (κ3) is 4.05. The van der Waals surface area contributed by atoms with Crippen LogP contribution < -0.4 is 0 Å². The molecule has 1 rings (SSSR count). The van der Waals surface area contributed by atoms with Crippen LogP contribution in [0.5, 0.6) is 0 Å². The minimum atomic E-state index is 0.528. The van der Waals surface area contributed by atoms with Gasteiger partial charge in [-0.05, 0) is 0 Å². The van der Waals surface area contributed by atoms with Gasteiger partial charge in [-0.15, -0.1) is 0 Å². The topological polar surface area (TPSA) is 21.6 Å². The van der Waals surface area contributed by atoms with Gasteiger partial charge < -0.3 is 4.74 Å². The molecule has 0 atom stereocenters. The minimum absolute atomic E-state index is 0.528. The molecule has 0 saturated carbocycles. The first kappa shape index (κ1) is 9.97. The van der Waals surface area contributed by atoms with Gasteiger partial charge in [-0.2, -0.15) is 0 Å². The highest BCUT2D eigenvalue weighted by Crippen LogP contribution is 2.21. The molecule has 0 fully saturated rings. The van der Waals surface area contributed by atoms with Crippen molar-refractivity contribution in [3.05, 3.63) is 0 Å². The van der Waals surface area contributed by atoms with Crippen LogP contribution in [-0.4, -0.2) is 36.1 Å². The van der Waals surface area contributed by atoms with Crippen molar-refractivity contribution in [2.24, 2.45) is 4.99 Å². The maximum atomic E-state index is 4.80. The maximum Gasteiger partial charge on any atom is 0.125 e. The van der Waals surface area contributed by atoms with Gasteiger partial charge in [0, 0.05) is 12.9 Å². The predicted molar refractivity (Wildman–Crippen MR) is 56.9 cm³/mol. The van der Waals surface area contributed by atoms with Crippen LogP contribution in [0.2, 0.25) is 0 Å². The summed E-state index contributed by atoms with van der Waals surface area (Å²) in [6.07, 6.45) is 0. The molecule has 0 bridgehead atoms. The van der Waals surface area contributed by atoms with Gasteiger partial charge in [0.2, 0.25) is 0 Å². The van der Waals surface area contributed by atoms with Crippen molar-refractivity contribution in [3.63, 3.8) is 0 Å². The Bertz CT molecular complexity index is 217. The molecule has 0 aliphatic carbocycles. The van der Waals surface area contributed by atoms with E-state index in [0.717, 1.165) is 18.1 Å². The fourth-order valence-electron chi connectivity index (χ4n) is 0.675. The van der Waals surface area contributed by atoms with Crippen molar-refractivity contribution in [2.75, 3.05) is 31.8 Å². The molecule has 1 aliphatic heterocycles. The Hall–Kier alpha value is -0.110. The standard InChI is InChI=1S/C8H11NOS2/c1-10-5-2-3-6-11-8-9-4-7-12-8/h4-7H2,1H3. The van der Waals surface area contributed by atoms with E-state index in [9.17, 15) is 0 Å². The number of nitrogens with zero attached hydrogens (tertiary/aromatic N) is 1. The van der Waals surface area contributed by atoms with E-state index in [1.165, 1.54) is 4.38 Å². The number of aliphatic imine (C=N–C) groups is 1. The molecule has 0 spiro atoms. The summed E-state index contributed by atoms with van der Waals surface area (Å²) < 4.78 is 5.98. The molecule has 0 radical (unpaired) electrons. The van der Waals surface area contributed by atoms with E-state index < -0.39 is 0 Å². The largest absolute Gasteiger partial charge is 0.372 e. The molecule has 1 aliphatic rings. The average molecular weight is 201 g/mol. The molecule has 2 nitrogen and oxygen atoms in total. The zero-order chi connectivity index (χ0) is 8.65. The second kappa shape index (κ2) is 6.41. The van der Waals surface area contributed by atoms with E-state index in [1.807, 2.05) is 11.8 Å². The van der Waals surface area contributed by atoms with Gasteiger partial charge in [0.05, 0.1) is 12.3 Å². The van der Waals surface area contributed by atoms with Crippen molar-refractivity contribution in [1.82, 2.24) is 0 Å². The number of hydrogen-bond acceptors (Lipinski definition) is 4. The fraction of sp³-hybridized carbons (Fsp3) is 0.625. The van der Waals surface area contributed by atoms with Crippen LogP contribution in [0.1, 0.15) is 0 Å². The molecule has 4 heteroatoms. The number of hydrogen-bond donors (Lipinski definition) is 0. The molecular weight excluding hydrogens is 190 g/mol. The molecule has 0 aromatic rings. The molecule has 12 heavy (non-hydrogen) atoms. The van der Waals surface area contributed by atoms with Crippen LogP contribution in [0.3, 0.4) is 0 Å². The van der Waals surface area contributed by atoms with Crippen molar-refractivity contribution < 1.29 is 4.74 Å². The third-order valence-electron chi connectivity index (χ3n) is 1.17. The van der Waals surface area contributed by atoms with Gasteiger partial charge in [-0.3, -0.25) is 4.99 Å². The molecule has 66 valence electrons. The highest BCUT2D eigenvalue weighted by Gasteiger charge is 2.05. The molecule has 0 N–H and O–H groups in total. The average Bonchev–Trinajstić information content (AvgIpc) is 2.57. The first-order chi connectivity index (χ1) is 5.93. The number of ether oxygens (including phenoxy) is 1. The van der Waals surface area contributed by atoms with E-state index in [-0.39, 0.29) is 0 Å². The summed E-state index contributed by atoms with van der Waals surface area (Å²) in [7, 11) is 1.65. The van der Waals surface area contributed by atoms with E-state index >= 15 is 0 Å². The van der Waals surface area contributed by atoms with Crippen molar-refractivity contribution in [3.8, 4) is 11.8 Å². The number of rotatable bonds is 2. The summed E-state index contributed by atoms with van der Waals surface area (Å²) in [4.78, 5) is 4.30. The summed E-state index contributed by atoms with van der Waals surface area (Å²) in [5.74, 6) is 7.87. The zero-order valence-corrected chi connectivity index (χ0v) is 8.63. The monoisotopic (exact) mass is 201 g/mol. The van der Waals surface area contributed by atoms with E-state index in [0.29, 0.717) is 6.61 Å². The Morgan fingerprint density at radius 2 is 2.58 bits per heavy atom. The lowest BCUT2D eigenvalue weighted by Gasteiger charge is -1.91. The normalized spacial score (nSPS) is 15.2. The molecule has 1 heterocycles. The SMILES string of the molecule is COCC#CCSC1=NCCS1. The Labute approximate surface area is 81.5 Å². The van der Waals surface area contributed by atoms with Crippen LogP contribution in [0.4, 0.5) is 0 Å². The Balaban J connectivity index is 2.06. The third-order valence-corrected chi connectivity index (χ3v) is 3.30. The smallest absolute Gasteiger partial charge is 0.125 e. The Morgan fingerprint density at radius 1 is 1.67 bits per heavy atom. The second-order valence-electron chi connectivity index (χ2n) is 2.07. The van der Waals surface area contributed by atoms with Gasteiger partial charge in [0.15, 0.2) is 0 Å². The Kier molecular flexibility index (Phi) is 5.33. The summed E-state index contributed by atoms with van der Waals surface area (Å²) in [6, 6.07) is 0. The van der Waals surface area contributed by atoms with Crippen LogP contribution in [-0.2, 0) is 4.74 Å². The highest BCUT2D eigenvalue weighted by atomic mass is 32.2. The van der Waals surface area contributed by atoms with E-state index in [1.54, 1.807) is 18.9 Å². The first-order valence-corrected chi connectivity index (χ1v) is 5.65. The van der Waals surface area contributed by atoms with Gasteiger partial charge in [-0.25, -0.2) is 0 Å². The van der Waals surface area contributed by atoms with Gasteiger partial charge in [0.1, 0.15) is 11.0 Å². The van der Waals surface area contributed by atoms with E-state index in [2.05, 4.69) is 16.8 Å². The van der Waals surface area contributed by atoms with Crippen molar-refractivity contribution in [2.45, 2.75) is 0 Å². The maximum absolute atomic E-state index is 4.80. The van der Waals surface area contributed by atoms with Crippen LogP contribution in [0.25, 0.3) is 0 Å². The minimum Gasteiger partial charge on any atom is -0.372 e. The molecule has 0 aromatic heterocycles. The van der Waals surface area contributed by atoms with Gasteiger partial charge in [-0.1, -0.05) is 35.4 Å². The first-order valence-electron chi connectivity index (χ1n) is 3.68. The van der Waals surface area contributed by atoms with Gasteiger partial charge >= 0.3 is 0 Å². The summed E-state index contributed by atoms with van der Waals surface area (Å²) in [5, 5.41) is 0. The van der Waals surface area contributed by atoms with Crippen molar-refractivity contribution >= 4 is 27.9 Å². The Morgan fingerprint density at radius 3 is 3.25 bits per heavy atom. The molecule has 0 aromatic carbocycles. The molecule has 0 saturated heterocycles. The van der Waals surface area contributed by atoms with Crippen LogP contribution in [0, 0.1) is 11.8 Å². The highest BCUT2D eigenvalue weighted by molar-refractivity contribution is 8.39.